The molecule has 7 heteroatoms. The van der Waals surface area contributed by atoms with Crippen LogP contribution in [0, 0.1) is 13.8 Å². The smallest absolute Gasteiger partial charge is 0.326 e. The predicted molar refractivity (Wildman–Crippen MR) is 113 cm³/mol. The average molecular weight is 405 g/mol. The van der Waals surface area contributed by atoms with Gasteiger partial charge in [-0.15, -0.1) is 0 Å². The molecule has 0 saturated heterocycles. The number of benzene rings is 2. The summed E-state index contributed by atoms with van der Waals surface area (Å²) in [5, 5.41) is 5.58. The Bertz CT molecular complexity index is 1430. The lowest BCUT2D eigenvalue weighted by Crippen LogP contribution is -2.17. The third-order valence-electron chi connectivity index (χ3n) is 5.15. The molecule has 0 unspecified atom stereocenters. The van der Waals surface area contributed by atoms with E-state index in [4.69, 9.17) is 16.1 Å². The van der Waals surface area contributed by atoms with Crippen LogP contribution in [0.5, 0.6) is 0 Å². The highest BCUT2D eigenvalue weighted by molar-refractivity contribution is 6.30. The molecule has 0 aliphatic rings. The molecule has 0 spiro atoms. The molecule has 0 aliphatic heterocycles. The van der Waals surface area contributed by atoms with Gasteiger partial charge in [0.05, 0.1) is 35.0 Å². The van der Waals surface area contributed by atoms with Gasteiger partial charge in [-0.3, -0.25) is 9.55 Å². The number of fused-ring (bicyclic) bond motifs is 3. The Kier molecular flexibility index (Phi) is 4.03. The molecule has 0 aliphatic carbocycles. The predicted octanol–water partition coefficient (Wildman–Crippen LogP) is 4.85. The third-order valence-corrected chi connectivity index (χ3v) is 5.38. The van der Waals surface area contributed by atoms with Crippen molar-refractivity contribution in [3.05, 3.63) is 81.2 Å². The van der Waals surface area contributed by atoms with Crippen molar-refractivity contribution in [2.45, 2.75) is 20.4 Å². The number of nitrogens with one attached hydrogen (secondary N) is 1. The Labute approximate surface area is 170 Å². The largest absolute Gasteiger partial charge is 0.361 e. The van der Waals surface area contributed by atoms with Gasteiger partial charge in [-0.1, -0.05) is 41.0 Å². The second-order valence-electron chi connectivity index (χ2n) is 7.10. The number of aromatic amines is 1. The molecule has 1 N–H and O–H groups in total. The lowest BCUT2D eigenvalue weighted by Gasteiger charge is -2.08. The molecule has 144 valence electrons. The maximum atomic E-state index is 12.6. The molecule has 3 heterocycles. The van der Waals surface area contributed by atoms with Crippen molar-refractivity contribution in [1.29, 1.82) is 0 Å². The SMILES string of the molecule is Cc1noc(C)c1-c1ccc2c(c1)ncc1[nH]c(=O)n(Cc3cccc(Cl)c3)c12. The molecule has 0 saturated carbocycles. The maximum absolute atomic E-state index is 12.6. The Hall–Kier alpha value is -3.38. The van der Waals surface area contributed by atoms with E-state index in [9.17, 15) is 4.79 Å². The fourth-order valence-electron chi connectivity index (χ4n) is 3.86. The van der Waals surface area contributed by atoms with Crippen molar-refractivity contribution in [2.75, 3.05) is 0 Å². The molecule has 29 heavy (non-hydrogen) atoms. The molecular formula is C22H17ClN4O2. The summed E-state index contributed by atoms with van der Waals surface area (Å²) in [4.78, 5) is 20.1. The Morgan fingerprint density at radius 1 is 1.17 bits per heavy atom. The first-order valence-electron chi connectivity index (χ1n) is 9.20. The zero-order chi connectivity index (χ0) is 20.1. The molecule has 0 bridgehead atoms. The van der Waals surface area contributed by atoms with Gasteiger partial charge in [-0.25, -0.2) is 4.79 Å². The number of H-pyrrole nitrogens is 1. The number of pyridine rings is 1. The number of halogens is 1. The summed E-state index contributed by atoms with van der Waals surface area (Å²) in [6.07, 6.45) is 1.70. The summed E-state index contributed by atoms with van der Waals surface area (Å²) in [6, 6.07) is 13.5. The monoisotopic (exact) mass is 404 g/mol. The topological polar surface area (TPSA) is 76.7 Å². The number of nitrogens with zero attached hydrogens (tertiary/aromatic N) is 3. The van der Waals surface area contributed by atoms with Gasteiger partial charge in [0.2, 0.25) is 0 Å². The van der Waals surface area contributed by atoms with E-state index in [1.54, 1.807) is 10.8 Å². The molecule has 0 fully saturated rings. The molecule has 5 rings (SSSR count). The second kappa shape index (κ2) is 6.60. The molecule has 0 amide bonds. The fraction of sp³-hybridized carbons (Fsp3) is 0.136. The molecule has 3 aromatic heterocycles. The minimum atomic E-state index is -0.177. The quantitative estimate of drug-likeness (QED) is 0.466. The van der Waals surface area contributed by atoms with Crippen LogP contribution in [0.4, 0.5) is 0 Å². The van der Waals surface area contributed by atoms with Crippen LogP contribution in [0.1, 0.15) is 17.0 Å². The highest BCUT2D eigenvalue weighted by Gasteiger charge is 2.15. The van der Waals surface area contributed by atoms with E-state index >= 15 is 0 Å². The molecule has 0 atom stereocenters. The first-order valence-corrected chi connectivity index (χ1v) is 9.58. The summed E-state index contributed by atoms with van der Waals surface area (Å²) in [6.45, 7) is 4.23. The Morgan fingerprint density at radius 3 is 2.79 bits per heavy atom. The Balaban J connectivity index is 1.71. The van der Waals surface area contributed by atoms with E-state index in [1.165, 1.54) is 0 Å². The molecule has 0 radical (unpaired) electrons. The van der Waals surface area contributed by atoms with Crippen LogP contribution in [-0.4, -0.2) is 19.7 Å². The highest BCUT2D eigenvalue weighted by atomic mass is 35.5. The Morgan fingerprint density at radius 2 is 2.03 bits per heavy atom. The van der Waals surface area contributed by atoms with Crippen molar-refractivity contribution in [3.63, 3.8) is 0 Å². The summed E-state index contributed by atoms with van der Waals surface area (Å²) in [5.74, 6) is 0.766. The zero-order valence-electron chi connectivity index (χ0n) is 15.9. The van der Waals surface area contributed by atoms with Crippen LogP contribution in [0.3, 0.4) is 0 Å². The summed E-state index contributed by atoms with van der Waals surface area (Å²) < 4.78 is 7.02. The lowest BCUT2D eigenvalue weighted by atomic mass is 10.0. The third kappa shape index (κ3) is 2.93. The van der Waals surface area contributed by atoms with E-state index < -0.39 is 0 Å². The lowest BCUT2D eigenvalue weighted by molar-refractivity contribution is 0.393. The number of rotatable bonds is 3. The van der Waals surface area contributed by atoms with Gasteiger partial charge in [-0.05, 0) is 43.2 Å². The highest BCUT2D eigenvalue weighted by Crippen LogP contribution is 2.31. The van der Waals surface area contributed by atoms with Crippen LogP contribution in [0.25, 0.3) is 33.1 Å². The minimum Gasteiger partial charge on any atom is -0.361 e. The second-order valence-corrected chi connectivity index (χ2v) is 7.53. The number of aryl methyl sites for hydroxylation is 2. The van der Waals surface area contributed by atoms with Crippen LogP contribution >= 0.6 is 11.6 Å². The van der Waals surface area contributed by atoms with Crippen molar-refractivity contribution in [1.82, 2.24) is 19.7 Å². The summed E-state index contributed by atoms with van der Waals surface area (Å²) >= 11 is 6.11. The maximum Gasteiger partial charge on any atom is 0.326 e. The first kappa shape index (κ1) is 17.7. The van der Waals surface area contributed by atoms with Crippen LogP contribution < -0.4 is 5.69 Å². The van der Waals surface area contributed by atoms with E-state index in [-0.39, 0.29) is 5.69 Å². The van der Waals surface area contributed by atoms with Gasteiger partial charge in [-0.2, -0.15) is 0 Å². The van der Waals surface area contributed by atoms with Crippen molar-refractivity contribution < 1.29 is 4.52 Å². The van der Waals surface area contributed by atoms with Gasteiger partial charge in [0.15, 0.2) is 0 Å². The van der Waals surface area contributed by atoms with Gasteiger partial charge < -0.3 is 9.51 Å². The van der Waals surface area contributed by atoms with Crippen LogP contribution in [0.15, 0.2) is 58.0 Å². The molecular weight excluding hydrogens is 388 g/mol. The van der Waals surface area contributed by atoms with E-state index in [0.29, 0.717) is 17.1 Å². The van der Waals surface area contributed by atoms with Gasteiger partial charge in [0.25, 0.3) is 0 Å². The van der Waals surface area contributed by atoms with Crippen LogP contribution in [-0.2, 0) is 6.54 Å². The molecule has 6 nitrogen and oxygen atoms in total. The summed E-state index contributed by atoms with van der Waals surface area (Å²) in [5.41, 5.74) is 5.90. The van der Waals surface area contributed by atoms with Crippen molar-refractivity contribution >= 4 is 33.5 Å². The van der Waals surface area contributed by atoms with Gasteiger partial charge in [0, 0.05) is 16.0 Å². The number of imidazole rings is 1. The standard InChI is InChI=1S/C22H17ClN4O2/c1-12-20(13(2)29-26-12)15-6-7-17-18(9-15)24-10-19-21(17)27(22(28)25-19)11-14-4-3-5-16(23)8-14/h3-10H,11H2,1-2H3,(H,25,28). The fourth-order valence-corrected chi connectivity index (χ4v) is 4.08. The van der Waals surface area contributed by atoms with Gasteiger partial charge >= 0.3 is 5.69 Å². The van der Waals surface area contributed by atoms with Crippen molar-refractivity contribution in [2.24, 2.45) is 0 Å². The minimum absolute atomic E-state index is 0.177. The molecule has 2 aromatic carbocycles. The first-order chi connectivity index (χ1) is 14.0. The number of aromatic nitrogens is 4. The van der Waals surface area contributed by atoms with Crippen molar-refractivity contribution in [3.8, 4) is 11.1 Å². The van der Waals surface area contributed by atoms with E-state index in [2.05, 4.69) is 15.1 Å². The van der Waals surface area contributed by atoms with E-state index in [0.717, 1.165) is 44.6 Å². The normalized spacial score (nSPS) is 11.6. The number of hydrogen-bond acceptors (Lipinski definition) is 4. The van der Waals surface area contributed by atoms with E-state index in [1.807, 2.05) is 56.3 Å². The van der Waals surface area contributed by atoms with Gasteiger partial charge in [0.1, 0.15) is 5.76 Å². The average Bonchev–Trinajstić information content (AvgIpc) is 3.20. The summed E-state index contributed by atoms with van der Waals surface area (Å²) in [7, 11) is 0. The number of hydrogen-bond donors (Lipinski definition) is 1. The molecule has 5 aromatic rings. The zero-order valence-corrected chi connectivity index (χ0v) is 16.6. The van der Waals surface area contributed by atoms with Crippen LogP contribution in [0.2, 0.25) is 5.02 Å².